The Balaban J connectivity index is 2.72. The molecule has 0 aliphatic heterocycles. The van der Waals surface area contributed by atoms with E-state index in [1.54, 1.807) is 7.11 Å². The molecule has 1 atom stereocenters. The van der Waals surface area contributed by atoms with E-state index in [4.69, 9.17) is 10.5 Å². The Bertz CT molecular complexity index is 359. The van der Waals surface area contributed by atoms with E-state index < -0.39 is 11.6 Å². The van der Waals surface area contributed by atoms with E-state index in [1.165, 1.54) is 18.2 Å². The lowest BCUT2D eigenvalue weighted by molar-refractivity contribution is 0.0101. The monoisotopic (exact) mass is 243 g/mol. The lowest BCUT2D eigenvalue weighted by Crippen LogP contribution is -2.35. The Morgan fingerprint density at radius 3 is 2.29 bits per heavy atom. The van der Waals surface area contributed by atoms with Gasteiger partial charge in [0.05, 0.1) is 5.60 Å². The molecule has 17 heavy (non-hydrogen) atoms. The maximum atomic E-state index is 13.4. The standard InChI is InChI=1S/C13H19F2NO/c1-13(2,17-3)8-9(16)7-10-11(14)5-4-6-12(10)15/h4-6,9H,7-8,16H2,1-3H3. The Morgan fingerprint density at radius 2 is 1.82 bits per heavy atom. The number of hydrogen-bond acceptors (Lipinski definition) is 2. The van der Waals surface area contributed by atoms with Crippen LogP contribution in [0.4, 0.5) is 8.78 Å². The van der Waals surface area contributed by atoms with Crippen LogP contribution in [0.15, 0.2) is 18.2 Å². The number of benzene rings is 1. The van der Waals surface area contributed by atoms with Crippen molar-refractivity contribution in [2.24, 2.45) is 5.73 Å². The van der Waals surface area contributed by atoms with Gasteiger partial charge < -0.3 is 10.5 Å². The number of halogens is 2. The fraction of sp³-hybridized carbons (Fsp3) is 0.538. The van der Waals surface area contributed by atoms with Gasteiger partial charge in [0.15, 0.2) is 0 Å². The van der Waals surface area contributed by atoms with E-state index in [1.807, 2.05) is 13.8 Å². The van der Waals surface area contributed by atoms with Crippen LogP contribution in [0.1, 0.15) is 25.8 Å². The number of nitrogens with two attached hydrogens (primary N) is 1. The van der Waals surface area contributed by atoms with Crippen molar-refractivity contribution < 1.29 is 13.5 Å². The second kappa shape index (κ2) is 5.56. The molecule has 0 bridgehead atoms. The van der Waals surface area contributed by atoms with E-state index in [9.17, 15) is 8.78 Å². The molecule has 0 amide bonds. The van der Waals surface area contributed by atoms with Crippen LogP contribution in [0.25, 0.3) is 0 Å². The van der Waals surface area contributed by atoms with Crippen molar-refractivity contribution in [3.05, 3.63) is 35.4 Å². The van der Waals surface area contributed by atoms with E-state index in [0.29, 0.717) is 6.42 Å². The molecule has 1 aromatic carbocycles. The maximum Gasteiger partial charge on any atom is 0.129 e. The van der Waals surface area contributed by atoms with Crippen LogP contribution in [0.5, 0.6) is 0 Å². The molecule has 0 saturated carbocycles. The summed E-state index contributed by atoms with van der Waals surface area (Å²) in [6.07, 6.45) is 0.711. The molecule has 4 heteroatoms. The van der Waals surface area contributed by atoms with Crippen LogP contribution in [0, 0.1) is 11.6 Å². The fourth-order valence-electron chi connectivity index (χ4n) is 1.78. The van der Waals surface area contributed by atoms with Gasteiger partial charge >= 0.3 is 0 Å². The van der Waals surface area contributed by atoms with Gasteiger partial charge in [-0.3, -0.25) is 0 Å². The summed E-state index contributed by atoms with van der Waals surface area (Å²) in [7, 11) is 1.59. The summed E-state index contributed by atoms with van der Waals surface area (Å²) in [4.78, 5) is 0. The molecule has 0 saturated heterocycles. The van der Waals surface area contributed by atoms with Gasteiger partial charge in [-0.2, -0.15) is 0 Å². The van der Waals surface area contributed by atoms with Gasteiger partial charge in [0.1, 0.15) is 11.6 Å². The van der Waals surface area contributed by atoms with Gasteiger partial charge in [-0.05, 0) is 38.8 Å². The third-order valence-electron chi connectivity index (χ3n) is 2.83. The van der Waals surface area contributed by atoms with Gasteiger partial charge in [0, 0.05) is 18.7 Å². The van der Waals surface area contributed by atoms with E-state index in [-0.39, 0.29) is 23.6 Å². The molecule has 1 unspecified atom stereocenters. The SMILES string of the molecule is COC(C)(C)CC(N)Cc1c(F)cccc1F. The highest BCUT2D eigenvalue weighted by Crippen LogP contribution is 2.19. The first-order valence-electron chi connectivity index (χ1n) is 5.59. The summed E-state index contributed by atoms with van der Waals surface area (Å²) < 4.78 is 32.0. The van der Waals surface area contributed by atoms with Crippen molar-refractivity contribution >= 4 is 0 Å². The van der Waals surface area contributed by atoms with Crippen LogP contribution in [0.2, 0.25) is 0 Å². The minimum atomic E-state index is -0.546. The van der Waals surface area contributed by atoms with Crippen molar-refractivity contribution in [2.75, 3.05) is 7.11 Å². The van der Waals surface area contributed by atoms with Crippen LogP contribution in [0.3, 0.4) is 0 Å². The summed E-state index contributed by atoms with van der Waals surface area (Å²) >= 11 is 0. The lowest BCUT2D eigenvalue weighted by Gasteiger charge is -2.26. The average Bonchev–Trinajstić information content (AvgIpc) is 2.23. The van der Waals surface area contributed by atoms with Crippen LogP contribution < -0.4 is 5.73 Å². The highest BCUT2D eigenvalue weighted by atomic mass is 19.1. The molecule has 1 rings (SSSR count). The predicted molar refractivity (Wildman–Crippen MR) is 63.7 cm³/mol. The molecule has 0 aliphatic rings. The summed E-state index contributed by atoms with van der Waals surface area (Å²) in [5, 5.41) is 0. The zero-order chi connectivity index (χ0) is 13.1. The molecule has 2 N–H and O–H groups in total. The summed E-state index contributed by atoms with van der Waals surface area (Å²) in [6, 6.07) is 3.49. The van der Waals surface area contributed by atoms with Crippen molar-refractivity contribution in [1.29, 1.82) is 0 Å². The fourth-order valence-corrected chi connectivity index (χ4v) is 1.78. The van der Waals surface area contributed by atoms with Gasteiger partial charge in [0.25, 0.3) is 0 Å². The van der Waals surface area contributed by atoms with Crippen molar-refractivity contribution in [1.82, 2.24) is 0 Å². The van der Waals surface area contributed by atoms with Gasteiger partial charge in [-0.15, -0.1) is 0 Å². The highest BCUT2D eigenvalue weighted by molar-refractivity contribution is 5.20. The van der Waals surface area contributed by atoms with E-state index >= 15 is 0 Å². The molecular formula is C13H19F2NO. The molecule has 2 nitrogen and oxygen atoms in total. The molecule has 96 valence electrons. The van der Waals surface area contributed by atoms with Gasteiger partial charge in [0.2, 0.25) is 0 Å². The average molecular weight is 243 g/mol. The minimum Gasteiger partial charge on any atom is -0.379 e. The molecule has 0 fully saturated rings. The second-order valence-corrected chi connectivity index (χ2v) is 4.83. The Kier molecular flexibility index (Phi) is 4.60. The van der Waals surface area contributed by atoms with Crippen LogP contribution >= 0.6 is 0 Å². The van der Waals surface area contributed by atoms with Crippen LogP contribution in [-0.2, 0) is 11.2 Å². The highest BCUT2D eigenvalue weighted by Gasteiger charge is 2.22. The first-order chi connectivity index (χ1) is 7.85. The number of rotatable bonds is 5. The quantitative estimate of drug-likeness (QED) is 0.862. The van der Waals surface area contributed by atoms with Crippen molar-refractivity contribution in [3.8, 4) is 0 Å². The molecular weight excluding hydrogens is 224 g/mol. The topological polar surface area (TPSA) is 35.2 Å². The first-order valence-corrected chi connectivity index (χ1v) is 5.59. The lowest BCUT2D eigenvalue weighted by atomic mass is 9.94. The van der Waals surface area contributed by atoms with Crippen molar-refractivity contribution in [3.63, 3.8) is 0 Å². The zero-order valence-corrected chi connectivity index (χ0v) is 10.5. The predicted octanol–water partition coefficient (Wildman–Crippen LogP) is 2.65. The molecule has 0 spiro atoms. The number of ether oxygens (including phenoxy) is 1. The van der Waals surface area contributed by atoms with Crippen LogP contribution in [-0.4, -0.2) is 18.8 Å². The zero-order valence-electron chi connectivity index (χ0n) is 10.5. The van der Waals surface area contributed by atoms with Gasteiger partial charge in [-0.25, -0.2) is 8.78 Å². The normalized spacial score (nSPS) is 13.8. The molecule has 0 heterocycles. The largest absolute Gasteiger partial charge is 0.379 e. The Morgan fingerprint density at radius 1 is 1.29 bits per heavy atom. The summed E-state index contributed by atoms with van der Waals surface area (Å²) in [5.41, 5.74) is 5.55. The maximum absolute atomic E-state index is 13.4. The van der Waals surface area contributed by atoms with Gasteiger partial charge in [-0.1, -0.05) is 6.07 Å². The van der Waals surface area contributed by atoms with Crippen molar-refractivity contribution in [2.45, 2.75) is 38.3 Å². The summed E-state index contributed by atoms with van der Waals surface area (Å²) in [6.45, 7) is 3.79. The summed E-state index contributed by atoms with van der Waals surface area (Å²) in [5.74, 6) is -1.09. The second-order valence-electron chi connectivity index (χ2n) is 4.83. The van der Waals surface area contributed by atoms with E-state index in [0.717, 1.165) is 0 Å². The smallest absolute Gasteiger partial charge is 0.129 e. The molecule has 1 aromatic rings. The Labute approximate surface area is 101 Å². The number of hydrogen-bond donors (Lipinski definition) is 1. The number of methoxy groups -OCH3 is 1. The molecule has 0 radical (unpaired) electrons. The third-order valence-corrected chi connectivity index (χ3v) is 2.83. The van der Waals surface area contributed by atoms with E-state index in [2.05, 4.69) is 0 Å². The Hall–Kier alpha value is -1.00. The minimum absolute atomic E-state index is 0.0481. The molecule has 0 aliphatic carbocycles. The molecule has 0 aromatic heterocycles. The third kappa shape index (κ3) is 4.06. The first kappa shape index (κ1) is 14.1.